The Morgan fingerprint density at radius 1 is 1.39 bits per heavy atom. The second-order valence-electron chi connectivity index (χ2n) is 7.70. The molecule has 0 radical (unpaired) electrons. The van der Waals surface area contributed by atoms with E-state index >= 15 is 0 Å². The predicted octanol–water partition coefficient (Wildman–Crippen LogP) is 4.24. The van der Waals surface area contributed by atoms with Gasteiger partial charge in [0.05, 0.1) is 11.4 Å². The summed E-state index contributed by atoms with van der Waals surface area (Å²) in [5, 5.41) is 3.79. The lowest BCUT2D eigenvalue weighted by Crippen LogP contribution is -2.36. The second-order valence-corrected chi connectivity index (χ2v) is 8.70. The largest absolute Gasteiger partial charge is 0.356 e. The summed E-state index contributed by atoms with van der Waals surface area (Å²) in [7, 11) is 0. The third-order valence-electron chi connectivity index (χ3n) is 5.62. The number of carbonyl (C=O) groups excluding carboxylic acids is 1. The number of hydrogen-bond donors (Lipinski definition) is 1. The highest BCUT2D eigenvalue weighted by Gasteiger charge is 2.25. The van der Waals surface area contributed by atoms with Crippen LogP contribution < -0.4 is 10.2 Å². The molecule has 0 aliphatic carbocycles. The van der Waals surface area contributed by atoms with Crippen molar-refractivity contribution >= 4 is 23.1 Å². The number of anilines is 1. The second kappa shape index (κ2) is 8.43. The van der Waals surface area contributed by atoms with Crippen LogP contribution in [0.25, 0.3) is 10.6 Å². The number of nitrogens with one attached hydrogen (secondary N) is 1. The molecule has 1 amide bonds. The van der Waals surface area contributed by atoms with Crippen LogP contribution in [0.4, 0.5) is 5.82 Å². The van der Waals surface area contributed by atoms with E-state index in [0.29, 0.717) is 13.0 Å². The molecule has 2 aromatic rings. The molecule has 0 aromatic carbocycles. The molecule has 148 valence electrons. The third-order valence-corrected chi connectivity index (χ3v) is 6.75. The smallest absolute Gasteiger partial charge is 0.263 e. The van der Waals surface area contributed by atoms with Gasteiger partial charge in [-0.05, 0) is 37.3 Å². The number of thiazole rings is 1. The molecule has 28 heavy (non-hydrogen) atoms. The molecular weight excluding hydrogens is 368 g/mol. The average Bonchev–Trinajstić information content (AvgIpc) is 3.14. The van der Waals surface area contributed by atoms with Crippen LogP contribution >= 0.6 is 11.3 Å². The molecule has 2 aliphatic rings. The Balaban J connectivity index is 1.64. The first-order chi connectivity index (χ1) is 13.7. The van der Waals surface area contributed by atoms with Crippen LogP contribution in [0.1, 0.15) is 53.7 Å². The molecule has 5 nitrogen and oxygen atoms in total. The molecule has 1 N–H and O–H groups in total. The minimum absolute atomic E-state index is 0.00451. The molecule has 1 unspecified atom stereocenters. The summed E-state index contributed by atoms with van der Waals surface area (Å²) in [5.74, 6) is 1.82. The Hall–Kier alpha value is -2.21. The number of pyridine rings is 1. The van der Waals surface area contributed by atoms with Gasteiger partial charge in [-0.25, -0.2) is 9.97 Å². The van der Waals surface area contributed by atoms with Crippen LogP contribution in [0.3, 0.4) is 0 Å². The number of amides is 1. The fourth-order valence-corrected chi connectivity index (χ4v) is 5.33. The molecule has 1 fully saturated rings. The van der Waals surface area contributed by atoms with E-state index in [1.165, 1.54) is 37.0 Å². The molecular formula is C22H28N4OS. The zero-order chi connectivity index (χ0) is 19.5. The van der Waals surface area contributed by atoms with Gasteiger partial charge in [0.15, 0.2) is 0 Å². The number of carbonyl (C=O) groups is 1. The molecule has 1 saturated heterocycles. The summed E-state index contributed by atoms with van der Waals surface area (Å²) in [6.07, 6.45) is 8.49. The molecule has 0 bridgehead atoms. The molecule has 4 rings (SSSR count). The Morgan fingerprint density at radius 2 is 2.29 bits per heavy atom. The highest BCUT2D eigenvalue weighted by atomic mass is 32.1. The fraction of sp³-hybridized carbons (Fsp3) is 0.500. The number of allylic oxidation sites excluding steroid dienone is 1. The Bertz CT molecular complexity index is 873. The van der Waals surface area contributed by atoms with Crippen LogP contribution in [-0.4, -0.2) is 35.5 Å². The molecule has 2 aliphatic heterocycles. The van der Waals surface area contributed by atoms with Crippen molar-refractivity contribution in [3.8, 4) is 10.6 Å². The topological polar surface area (TPSA) is 58.1 Å². The predicted molar refractivity (Wildman–Crippen MR) is 115 cm³/mol. The molecule has 2 aromatic heterocycles. The quantitative estimate of drug-likeness (QED) is 0.742. The number of aromatic nitrogens is 2. The van der Waals surface area contributed by atoms with E-state index in [-0.39, 0.29) is 5.91 Å². The fourth-order valence-electron chi connectivity index (χ4n) is 4.26. The van der Waals surface area contributed by atoms with E-state index < -0.39 is 0 Å². The summed E-state index contributed by atoms with van der Waals surface area (Å²) >= 11 is 1.47. The minimum atomic E-state index is -0.00451. The Labute approximate surface area is 170 Å². The minimum Gasteiger partial charge on any atom is -0.356 e. The molecule has 6 heteroatoms. The number of fused-ring (bicyclic) bond motifs is 1. The van der Waals surface area contributed by atoms with Crippen molar-refractivity contribution < 1.29 is 4.79 Å². The van der Waals surface area contributed by atoms with Crippen LogP contribution in [0.2, 0.25) is 0 Å². The van der Waals surface area contributed by atoms with Gasteiger partial charge in [0.25, 0.3) is 5.91 Å². The first kappa shape index (κ1) is 19.1. The lowest BCUT2D eigenvalue weighted by atomic mass is 9.94. The summed E-state index contributed by atoms with van der Waals surface area (Å²) in [6.45, 7) is 9.02. The maximum atomic E-state index is 12.1. The van der Waals surface area contributed by atoms with Crippen LogP contribution in [0, 0.1) is 5.92 Å². The van der Waals surface area contributed by atoms with Crippen molar-refractivity contribution in [2.75, 3.05) is 24.5 Å². The van der Waals surface area contributed by atoms with Gasteiger partial charge in [-0.2, -0.15) is 0 Å². The average molecular weight is 397 g/mol. The molecule has 4 heterocycles. The Kier molecular flexibility index (Phi) is 5.76. The van der Waals surface area contributed by atoms with Crippen molar-refractivity contribution in [2.45, 2.75) is 45.4 Å². The van der Waals surface area contributed by atoms with Crippen molar-refractivity contribution in [3.05, 3.63) is 41.1 Å². The SMILES string of the molecule is C=CCc1nc(N2CCCC(CCC)C2)ccc1-c1nc2c(s1)C(=O)NCC2. The lowest BCUT2D eigenvalue weighted by Gasteiger charge is -2.34. The Morgan fingerprint density at radius 3 is 3.07 bits per heavy atom. The molecule has 1 atom stereocenters. The van der Waals surface area contributed by atoms with E-state index in [9.17, 15) is 4.79 Å². The molecule has 0 saturated carbocycles. The molecule has 0 spiro atoms. The van der Waals surface area contributed by atoms with E-state index in [1.807, 2.05) is 6.08 Å². The third kappa shape index (κ3) is 3.83. The van der Waals surface area contributed by atoms with Gasteiger partial charge < -0.3 is 10.2 Å². The zero-order valence-corrected chi connectivity index (χ0v) is 17.4. The van der Waals surface area contributed by atoms with Crippen molar-refractivity contribution in [2.24, 2.45) is 5.92 Å². The number of rotatable bonds is 6. The van der Waals surface area contributed by atoms with Crippen LogP contribution in [-0.2, 0) is 12.8 Å². The van der Waals surface area contributed by atoms with Gasteiger partial charge in [-0.1, -0.05) is 19.4 Å². The number of nitrogens with zero attached hydrogens (tertiary/aromatic N) is 3. The highest BCUT2D eigenvalue weighted by molar-refractivity contribution is 7.17. The number of piperidine rings is 1. The van der Waals surface area contributed by atoms with Gasteiger partial charge in [-0.3, -0.25) is 4.79 Å². The van der Waals surface area contributed by atoms with Gasteiger partial charge in [0, 0.05) is 38.0 Å². The normalized spacial score (nSPS) is 19.2. The highest BCUT2D eigenvalue weighted by Crippen LogP contribution is 2.33. The summed E-state index contributed by atoms with van der Waals surface area (Å²) < 4.78 is 0. The van der Waals surface area contributed by atoms with Gasteiger partial charge in [0.2, 0.25) is 0 Å². The zero-order valence-electron chi connectivity index (χ0n) is 16.5. The van der Waals surface area contributed by atoms with E-state index in [1.54, 1.807) is 0 Å². The van der Waals surface area contributed by atoms with E-state index in [4.69, 9.17) is 9.97 Å². The standard InChI is InChI=1S/C22H28N4OS/c1-3-6-15-8-5-13-26(14-15)19-10-9-16(17(24-19)7-4-2)22-25-18-11-12-23-21(27)20(18)28-22/h4,9-10,15H,2-3,5-8,11-14H2,1H3,(H,23,27). The first-order valence-electron chi connectivity index (χ1n) is 10.3. The summed E-state index contributed by atoms with van der Waals surface area (Å²) in [4.78, 5) is 25.0. The van der Waals surface area contributed by atoms with Crippen molar-refractivity contribution in [3.63, 3.8) is 0 Å². The van der Waals surface area contributed by atoms with Crippen LogP contribution in [0.5, 0.6) is 0 Å². The summed E-state index contributed by atoms with van der Waals surface area (Å²) in [6, 6.07) is 4.25. The number of hydrogen-bond acceptors (Lipinski definition) is 5. The van der Waals surface area contributed by atoms with E-state index in [2.05, 4.69) is 35.9 Å². The maximum absolute atomic E-state index is 12.1. The monoisotopic (exact) mass is 396 g/mol. The van der Waals surface area contributed by atoms with Crippen LogP contribution in [0.15, 0.2) is 24.8 Å². The van der Waals surface area contributed by atoms with Crippen molar-refractivity contribution in [1.29, 1.82) is 0 Å². The lowest BCUT2D eigenvalue weighted by molar-refractivity contribution is 0.0950. The van der Waals surface area contributed by atoms with E-state index in [0.717, 1.165) is 58.1 Å². The van der Waals surface area contributed by atoms with Crippen molar-refractivity contribution in [1.82, 2.24) is 15.3 Å². The van der Waals surface area contributed by atoms with Gasteiger partial charge in [-0.15, -0.1) is 17.9 Å². The van der Waals surface area contributed by atoms with Gasteiger partial charge >= 0.3 is 0 Å². The van der Waals surface area contributed by atoms with Gasteiger partial charge in [0.1, 0.15) is 15.7 Å². The first-order valence-corrected chi connectivity index (χ1v) is 11.1. The maximum Gasteiger partial charge on any atom is 0.263 e. The summed E-state index contributed by atoms with van der Waals surface area (Å²) in [5.41, 5.74) is 2.94.